The second kappa shape index (κ2) is 8.59. The smallest absolute Gasteiger partial charge is 0.294 e. The number of aryl methyl sites for hydroxylation is 2. The van der Waals surface area contributed by atoms with Crippen molar-refractivity contribution in [3.05, 3.63) is 69.8 Å². The Morgan fingerprint density at radius 2 is 1.41 bits per heavy atom. The van der Waals surface area contributed by atoms with Crippen molar-refractivity contribution < 1.29 is 14.5 Å². The fourth-order valence-corrected chi connectivity index (χ4v) is 5.37. The van der Waals surface area contributed by atoms with Gasteiger partial charge in [-0.15, -0.1) is 0 Å². The van der Waals surface area contributed by atoms with Gasteiger partial charge in [0.2, 0.25) is 11.8 Å². The molecule has 5 rings (SSSR count). The van der Waals surface area contributed by atoms with Crippen LogP contribution in [0.25, 0.3) is 0 Å². The molecule has 0 N–H and O–H groups in total. The summed E-state index contributed by atoms with van der Waals surface area (Å²) in [5.74, 6) is -1.25. The molecule has 2 aromatic rings. The van der Waals surface area contributed by atoms with E-state index in [4.69, 9.17) is 0 Å². The van der Waals surface area contributed by atoms with Gasteiger partial charge in [-0.2, -0.15) is 0 Å². The summed E-state index contributed by atoms with van der Waals surface area (Å²) in [5, 5.41) is 12.0. The van der Waals surface area contributed by atoms with E-state index in [9.17, 15) is 19.7 Å². The van der Waals surface area contributed by atoms with Crippen molar-refractivity contribution in [1.82, 2.24) is 0 Å². The highest BCUT2D eigenvalue weighted by Crippen LogP contribution is 2.40. The Morgan fingerprint density at radius 1 is 0.824 bits per heavy atom. The summed E-state index contributed by atoms with van der Waals surface area (Å²) in [6.45, 7) is 6.96. The fourth-order valence-electron chi connectivity index (χ4n) is 5.37. The molecule has 0 radical (unpaired) electrons. The minimum Gasteiger partial charge on any atom is -0.368 e. The zero-order valence-corrected chi connectivity index (χ0v) is 19.4. The summed E-state index contributed by atoms with van der Waals surface area (Å²) >= 11 is 0. The van der Waals surface area contributed by atoms with E-state index in [2.05, 4.69) is 36.9 Å². The SMILES string of the molecule is Cc1ccc(C)c(N2CCN(c3ccc(N4C(=O)[C@H]5CC=CC[C@H]5C4=O)cc3[N+](=O)[O-])CC2)c1. The van der Waals surface area contributed by atoms with E-state index in [-0.39, 0.29) is 35.0 Å². The first kappa shape index (κ1) is 22.1. The molecule has 2 atom stereocenters. The van der Waals surface area contributed by atoms with Crippen molar-refractivity contribution in [2.24, 2.45) is 11.8 Å². The number of carbonyl (C=O) groups is 2. The molecule has 2 heterocycles. The monoisotopic (exact) mass is 460 g/mol. The molecule has 0 spiro atoms. The number of nitrogens with zero attached hydrogens (tertiary/aromatic N) is 4. The number of piperazine rings is 1. The zero-order chi connectivity index (χ0) is 24.0. The van der Waals surface area contributed by atoms with Gasteiger partial charge in [0.05, 0.1) is 22.4 Å². The number of nitro benzene ring substituents is 1. The van der Waals surface area contributed by atoms with Crippen molar-refractivity contribution in [2.75, 3.05) is 40.9 Å². The molecular weight excluding hydrogens is 432 g/mol. The van der Waals surface area contributed by atoms with Gasteiger partial charge in [-0.3, -0.25) is 19.7 Å². The summed E-state index contributed by atoms with van der Waals surface area (Å²) in [5.41, 5.74) is 4.35. The van der Waals surface area contributed by atoms with Crippen LogP contribution in [0.1, 0.15) is 24.0 Å². The summed E-state index contributed by atoms with van der Waals surface area (Å²) in [4.78, 5) is 42.9. The lowest BCUT2D eigenvalue weighted by atomic mass is 9.85. The highest BCUT2D eigenvalue weighted by atomic mass is 16.6. The number of allylic oxidation sites excluding steroid dienone is 2. The van der Waals surface area contributed by atoms with E-state index in [0.29, 0.717) is 31.6 Å². The zero-order valence-electron chi connectivity index (χ0n) is 19.4. The number of anilines is 3. The molecule has 2 amide bonds. The molecule has 8 heteroatoms. The van der Waals surface area contributed by atoms with Gasteiger partial charge in [0.1, 0.15) is 5.69 Å². The number of fused-ring (bicyclic) bond motifs is 1. The Balaban J connectivity index is 1.38. The second-order valence-corrected chi connectivity index (χ2v) is 9.36. The molecule has 0 bridgehead atoms. The van der Waals surface area contributed by atoms with Crippen LogP contribution >= 0.6 is 0 Å². The van der Waals surface area contributed by atoms with Crippen LogP contribution in [0.3, 0.4) is 0 Å². The molecule has 3 aliphatic rings. The maximum atomic E-state index is 12.9. The maximum Gasteiger partial charge on any atom is 0.294 e. The Hall–Kier alpha value is -3.68. The van der Waals surface area contributed by atoms with Crippen molar-refractivity contribution >= 4 is 34.6 Å². The highest BCUT2D eigenvalue weighted by Gasteiger charge is 2.48. The summed E-state index contributed by atoms with van der Waals surface area (Å²) in [6.07, 6.45) is 4.94. The first-order valence-electron chi connectivity index (χ1n) is 11.7. The van der Waals surface area contributed by atoms with E-state index in [0.717, 1.165) is 18.0 Å². The van der Waals surface area contributed by atoms with E-state index in [1.54, 1.807) is 12.1 Å². The largest absolute Gasteiger partial charge is 0.368 e. The van der Waals surface area contributed by atoms with Gasteiger partial charge in [0.15, 0.2) is 0 Å². The number of rotatable bonds is 4. The van der Waals surface area contributed by atoms with Crippen LogP contribution in [0.5, 0.6) is 0 Å². The molecule has 1 aliphatic carbocycles. The predicted molar refractivity (Wildman–Crippen MR) is 131 cm³/mol. The van der Waals surface area contributed by atoms with Gasteiger partial charge in [-0.05, 0) is 56.0 Å². The van der Waals surface area contributed by atoms with Gasteiger partial charge in [0, 0.05) is 37.9 Å². The minimum atomic E-state index is -0.421. The minimum absolute atomic E-state index is 0.0775. The number of carbonyl (C=O) groups excluding carboxylic acids is 2. The second-order valence-electron chi connectivity index (χ2n) is 9.36. The number of nitro groups is 1. The Bertz CT molecular complexity index is 1170. The normalized spacial score (nSPS) is 22.4. The van der Waals surface area contributed by atoms with Crippen molar-refractivity contribution in [3.63, 3.8) is 0 Å². The molecule has 2 saturated heterocycles. The van der Waals surface area contributed by atoms with E-state index in [1.165, 1.54) is 22.9 Å². The molecule has 176 valence electrons. The van der Waals surface area contributed by atoms with Crippen molar-refractivity contribution in [2.45, 2.75) is 26.7 Å². The third-order valence-corrected chi connectivity index (χ3v) is 7.25. The quantitative estimate of drug-likeness (QED) is 0.297. The topological polar surface area (TPSA) is 87.0 Å². The van der Waals surface area contributed by atoms with Crippen molar-refractivity contribution in [1.29, 1.82) is 0 Å². The Kier molecular flexibility index (Phi) is 5.59. The molecule has 0 saturated carbocycles. The molecule has 2 aliphatic heterocycles. The average molecular weight is 461 g/mol. The first-order chi connectivity index (χ1) is 16.3. The van der Waals surface area contributed by atoms with E-state index < -0.39 is 4.92 Å². The number of imide groups is 1. The fraction of sp³-hybridized carbons (Fsp3) is 0.385. The number of hydrogen-bond acceptors (Lipinski definition) is 6. The molecule has 2 fully saturated rings. The van der Waals surface area contributed by atoms with Crippen LogP contribution < -0.4 is 14.7 Å². The molecule has 0 unspecified atom stereocenters. The van der Waals surface area contributed by atoms with Crippen LogP contribution in [0.4, 0.5) is 22.7 Å². The highest BCUT2D eigenvalue weighted by molar-refractivity contribution is 6.22. The summed E-state index contributed by atoms with van der Waals surface area (Å²) in [7, 11) is 0. The maximum absolute atomic E-state index is 12.9. The van der Waals surface area contributed by atoms with Gasteiger partial charge < -0.3 is 9.80 Å². The predicted octanol–water partition coefficient (Wildman–Crippen LogP) is 3.99. The van der Waals surface area contributed by atoms with Gasteiger partial charge >= 0.3 is 0 Å². The standard InChI is InChI=1S/C26H28N4O4/c1-17-7-8-18(2)23(15-17)28-13-11-27(12-14-28)22-10-9-19(16-24(22)30(33)34)29-25(31)20-5-3-4-6-21(20)26(29)32/h3-4,7-10,15-16,20-21H,5-6,11-14H2,1-2H3/t20-,21+. The molecule has 0 aromatic heterocycles. The molecule has 8 nitrogen and oxygen atoms in total. The van der Waals surface area contributed by atoms with Gasteiger partial charge in [0.25, 0.3) is 5.69 Å². The van der Waals surface area contributed by atoms with Crippen LogP contribution in [-0.4, -0.2) is 42.9 Å². The number of benzene rings is 2. The van der Waals surface area contributed by atoms with E-state index >= 15 is 0 Å². The number of amides is 2. The summed E-state index contributed by atoms with van der Waals surface area (Å²) < 4.78 is 0. The lowest BCUT2D eigenvalue weighted by Crippen LogP contribution is -2.47. The van der Waals surface area contributed by atoms with Crippen LogP contribution in [0, 0.1) is 35.8 Å². The van der Waals surface area contributed by atoms with Gasteiger partial charge in [-0.25, -0.2) is 4.90 Å². The van der Waals surface area contributed by atoms with Crippen LogP contribution in [-0.2, 0) is 9.59 Å². The van der Waals surface area contributed by atoms with Gasteiger partial charge in [-0.1, -0.05) is 24.3 Å². The van der Waals surface area contributed by atoms with E-state index in [1.807, 2.05) is 17.1 Å². The lowest BCUT2D eigenvalue weighted by molar-refractivity contribution is -0.384. The Morgan fingerprint density at radius 3 is 2.00 bits per heavy atom. The summed E-state index contributed by atoms with van der Waals surface area (Å²) in [6, 6.07) is 11.1. The Labute approximate surface area is 198 Å². The van der Waals surface area contributed by atoms with Crippen LogP contribution in [0.2, 0.25) is 0 Å². The first-order valence-corrected chi connectivity index (χ1v) is 11.7. The average Bonchev–Trinajstić information content (AvgIpc) is 3.10. The number of hydrogen-bond donors (Lipinski definition) is 0. The van der Waals surface area contributed by atoms with Crippen molar-refractivity contribution in [3.8, 4) is 0 Å². The third kappa shape index (κ3) is 3.73. The van der Waals surface area contributed by atoms with Crippen LogP contribution in [0.15, 0.2) is 48.6 Å². The molecule has 2 aromatic carbocycles. The third-order valence-electron chi connectivity index (χ3n) is 7.25. The molecular formula is C26H28N4O4. The lowest BCUT2D eigenvalue weighted by Gasteiger charge is -2.38. The molecule has 34 heavy (non-hydrogen) atoms.